The molecule has 4 nitrogen and oxygen atoms in total. The number of benzene rings is 2. The predicted octanol–water partition coefficient (Wildman–Crippen LogP) is 6.73. The van der Waals surface area contributed by atoms with Crippen LogP contribution < -0.4 is 5.32 Å². The number of hydrogen-bond acceptors (Lipinski definition) is 3. The summed E-state index contributed by atoms with van der Waals surface area (Å²) in [5, 5.41) is 4.49. The Hall–Kier alpha value is -1.69. The van der Waals surface area contributed by atoms with Crippen molar-refractivity contribution in [2.45, 2.75) is 75.4 Å². The number of nitrogens with one attached hydrogen (secondary N) is 1. The molecule has 0 bridgehead atoms. The van der Waals surface area contributed by atoms with Gasteiger partial charge in [-0.2, -0.15) is 0 Å². The Kier molecular flexibility index (Phi) is 10.4. The van der Waals surface area contributed by atoms with Crippen LogP contribution in [0.2, 0.25) is 10.0 Å². The van der Waals surface area contributed by atoms with Crippen molar-refractivity contribution in [2.75, 3.05) is 5.75 Å². The fourth-order valence-electron chi connectivity index (χ4n) is 4.05. The number of carbonyl (C=O) groups excluding carboxylic acids is 2. The molecule has 1 aliphatic carbocycles. The minimum Gasteiger partial charge on any atom is -0.352 e. The van der Waals surface area contributed by atoms with Crippen LogP contribution in [-0.2, 0) is 16.1 Å². The van der Waals surface area contributed by atoms with Gasteiger partial charge in [0.05, 0.1) is 0 Å². The zero-order valence-corrected chi connectivity index (χ0v) is 21.4. The third kappa shape index (κ3) is 8.24. The van der Waals surface area contributed by atoms with E-state index >= 15 is 0 Å². The van der Waals surface area contributed by atoms with Gasteiger partial charge in [-0.25, -0.2) is 0 Å². The van der Waals surface area contributed by atoms with Gasteiger partial charge in [-0.15, -0.1) is 11.8 Å². The van der Waals surface area contributed by atoms with E-state index in [1.165, 1.54) is 6.42 Å². The van der Waals surface area contributed by atoms with E-state index < -0.39 is 6.04 Å². The second kappa shape index (κ2) is 13.3. The van der Waals surface area contributed by atoms with Crippen LogP contribution in [0, 0.1) is 0 Å². The summed E-state index contributed by atoms with van der Waals surface area (Å²) in [7, 11) is 0. The van der Waals surface area contributed by atoms with Crippen molar-refractivity contribution >= 4 is 46.8 Å². The molecule has 0 spiro atoms. The first-order valence-corrected chi connectivity index (χ1v) is 13.4. The summed E-state index contributed by atoms with van der Waals surface area (Å²) >= 11 is 14.0. The lowest BCUT2D eigenvalue weighted by Crippen LogP contribution is -2.50. The topological polar surface area (TPSA) is 49.4 Å². The summed E-state index contributed by atoms with van der Waals surface area (Å²) in [6, 6.07) is 14.8. The molecule has 0 aromatic heterocycles. The Morgan fingerprint density at radius 1 is 1.06 bits per heavy atom. The van der Waals surface area contributed by atoms with E-state index in [0.29, 0.717) is 23.0 Å². The number of amides is 2. The van der Waals surface area contributed by atoms with Crippen molar-refractivity contribution in [1.82, 2.24) is 10.2 Å². The van der Waals surface area contributed by atoms with Gasteiger partial charge in [-0.05, 0) is 67.8 Å². The van der Waals surface area contributed by atoms with E-state index in [0.717, 1.165) is 48.3 Å². The van der Waals surface area contributed by atoms with Crippen LogP contribution in [0.15, 0.2) is 53.4 Å². The van der Waals surface area contributed by atoms with E-state index in [-0.39, 0.29) is 17.9 Å². The van der Waals surface area contributed by atoms with Crippen LogP contribution in [0.1, 0.15) is 57.4 Å². The first kappa shape index (κ1) is 25.9. The monoisotopic (exact) mass is 506 g/mol. The van der Waals surface area contributed by atoms with E-state index in [1.807, 2.05) is 55.5 Å². The lowest BCUT2D eigenvalue weighted by atomic mass is 9.95. The van der Waals surface area contributed by atoms with Crippen LogP contribution in [0.3, 0.4) is 0 Å². The van der Waals surface area contributed by atoms with Crippen LogP contribution in [-0.4, -0.2) is 34.6 Å². The van der Waals surface area contributed by atoms with Crippen molar-refractivity contribution in [3.8, 4) is 0 Å². The van der Waals surface area contributed by atoms with Crippen molar-refractivity contribution < 1.29 is 9.59 Å². The molecule has 1 saturated carbocycles. The molecule has 0 heterocycles. The second-order valence-corrected chi connectivity index (χ2v) is 10.6. The van der Waals surface area contributed by atoms with Crippen LogP contribution >= 0.6 is 35.0 Å². The average molecular weight is 508 g/mol. The van der Waals surface area contributed by atoms with Gasteiger partial charge in [0, 0.05) is 33.9 Å². The average Bonchev–Trinajstić information content (AvgIpc) is 2.82. The molecule has 178 valence electrons. The highest BCUT2D eigenvalue weighted by Crippen LogP contribution is 2.23. The SMILES string of the molecule is CC(C(=O)NC1CCCCC1)N(Cc1ccccc1Cl)C(=O)CCCSc1ccc(Cl)cc1. The second-order valence-electron chi connectivity index (χ2n) is 8.54. The molecule has 2 aromatic rings. The molecular weight excluding hydrogens is 475 g/mol. The Balaban J connectivity index is 1.60. The van der Waals surface area contributed by atoms with Gasteiger partial charge in [-0.1, -0.05) is 60.7 Å². The quantitative estimate of drug-likeness (QED) is 0.287. The molecule has 2 amide bonds. The molecule has 0 aliphatic heterocycles. The molecule has 7 heteroatoms. The van der Waals surface area contributed by atoms with Crippen LogP contribution in [0.4, 0.5) is 0 Å². The normalized spacial score (nSPS) is 15.1. The standard InChI is InChI=1S/C26H32Cl2N2O2S/c1-19(26(32)29-22-9-3-2-4-10-22)30(18-20-8-5-6-11-24(20)28)25(31)12-7-17-33-23-15-13-21(27)14-16-23/h5-6,8,11,13-16,19,22H,2-4,7,9-10,12,17-18H2,1H3,(H,29,32). The van der Waals surface area contributed by atoms with E-state index in [2.05, 4.69) is 5.32 Å². The predicted molar refractivity (Wildman–Crippen MR) is 138 cm³/mol. The lowest BCUT2D eigenvalue weighted by Gasteiger charge is -2.31. The highest BCUT2D eigenvalue weighted by Gasteiger charge is 2.28. The number of thioether (sulfide) groups is 1. The van der Waals surface area contributed by atoms with Gasteiger partial charge in [-0.3, -0.25) is 9.59 Å². The van der Waals surface area contributed by atoms with Gasteiger partial charge in [0.15, 0.2) is 0 Å². The number of hydrogen-bond donors (Lipinski definition) is 1. The lowest BCUT2D eigenvalue weighted by molar-refractivity contribution is -0.141. The van der Waals surface area contributed by atoms with Gasteiger partial charge >= 0.3 is 0 Å². The summed E-state index contributed by atoms with van der Waals surface area (Å²) < 4.78 is 0. The molecular formula is C26H32Cl2N2O2S. The maximum atomic E-state index is 13.2. The van der Waals surface area contributed by atoms with Gasteiger partial charge < -0.3 is 10.2 Å². The van der Waals surface area contributed by atoms with Crippen molar-refractivity contribution in [3.05, 3.63) is 64.1 Å². The molecule has 0 saturated heterocycles. The van der Waals surface area contributed by atoms with E-state index in [4.69, 9.17) is 23.2 Å². The molecule has 0 radical (unpaired) electrons. The summed E-state index contributed by atoms with van der Waals surface area (Å²) in [6.45, 7) is 2.14. The maximum absolute atomic E-state index is 13.2. The van der Waals surface area contributed by atoms with Gasteiger partial charge in [0.25, 0.3) is 0 Å². The number of nitrogens with zero attached hydrogens (tertiary/aromatic N) is 1. The fourth-order valence-corrected chi connectivity index (χ4v) is 5.22. The minimum atomic E-state index is -0.556. The third-order valence-corrected chi connectivity index (χ3v) is 7.75. The highest BCUT2D eigenvalue weighted by atomic mass is 35.5. The molecule has 2 aromatic carbocycles. The van der Waals surface area contributed by atoms with Crippen LogP contribution in [0.25, 0.3) is 0 Å². The first-order chi connectivity index (χ1) is 15.9. The molecule has 3 rings (SSSR count). The zero-order valence-electron chi connectivity index (χ0n) is 19.1. The molecule has 1 atom stereocenters. The minimum absolute atomic E-state index is 0.0297. The first-order valence-electron chi connectivity index (χ1n) is 11.7. The van der Waals surface area contributed by atoms with Crippen molar-refractivity contribution in [3.63, 3.8) is 0 Å². The van der Waals surface area contributed by atoms with Gasteiger partial charge in [0.1, 0.15) is 6.04 Å². The van der Waals surface area contributed by atoms with E-state index in [1.54, 1.807) is 16.7 Å². The largest absolute Gasteiger partial charge is 0.352 e. The van der Waals surface area contributed by atoms with Crippen molar-refractivity contribution in [1.29, 1.82) is 0 Å². The Labute approximate surface area is 211 Å². The zero-order chi connectivity index (χ0) is 23.6. The van der Waals surface area contributed by atoms with Gasteiger partial charge in [0.2, 0.25) is 11.8 Å². The molecule has 1 fully saturated rings. The smallest absolute Gasteiger partial charge is 0.242 e. The summed E-state index contributed by atoms with van der Waals surface area (Å²) in [5.74, 6) is 0.700. The van der Waals surface area contributed by atoms with Crippen LogP contribution in [0.5, 0.6) is 0 Å². The third-order valence-electron chi connectivity index (χ3n) is 6.03. The number of carbonyl (C=O) groups is 2. The van der Waals surface area contributed by atoms with Crippen molar-refractivity contribution in [2.24, 2.45) is 0 Å². The molecule has 1 unspecified atom stereocenters. The number of halogens is 2. The maximum Gasteiger partial charge on any atom is 0.242 e. The molecule has 33 heavy (non-hydrogen) atoms. The molecule has 1 aliphatic rings. The number of rotatable bonds is 10. The Morgan fingerprint density at radius 2 is 1.76 bits per heavy atom. The summed E-state index contributed by atoms with van der Waals surface area (Å²) in [6.07, 6.45) is 6.65. The fraction of sp³-hybridized carbons (Fsp3) is 0.462. The molecule has 1 N–H and O–H groups in total. The van der Waals surface area contributed by atoms with E-state index in [9.17, 15) is 9.59 Å². The Morgan fingerprint density at radius 3 is 2.45 bits per heavy atom. The summed E-state index contributed by atoms with van der Waals surface area (Å²) in [5.41, 5.74) is 0.848. The highest BCUT2D eigenvalue weighted by molar-refractivity contribution is 7.99. The summed E-state index contributed by atoms with van der Waals surface area (Å²) in [4.78, 5) is 29.0. The Bertz CT molecular complexity index is 917.